The molecular weight excluding hydrogens is 332 g/mol. The molecule has 0 spiro atoms. The molecule has 1 heterocycles. The molecule has 0 aliphatic heterocycles. The SMILES string of the molecule is CCOCc1ccccc1CNC(=O)c1ccc(Br)cn1. The van der Waals surface area contributed by atoms with E-state index in [1.54, 1.807) is 18.3 Å². The smallest absolute Gasteiger partial charge is 0.270 e. The van der Waals surface area contributed by atoms with Crippen LogP contribution in [-0.2, 0) is 17.9 Å². The zero-order chi connectivity index (χ0) is 15.1. The van der Waals surface area contributed by atoms with Crippen molar-refractivity contribution in [2.75, 3.05) is 6.61 Å². The predicted octanol–water partition coefficient (Wildman–Crippen LogP) is 3.31. The first-order valence-electron chi connectivity index (χ1n) is 6.75. The fraction of sp³-hybridized carbons (Fsp3) is 0.250. The Hall–Kier alpha value is -1.72. The molecule has 1 aromatic carbocycles. The summed E-state index contributed by atoms with van der Waals surface area (Å²) in [4.78, 5) is 16.1. The van der Waals surface area contributed by atoms with Crippen LogP contribution in [0.15, 0.2) is 47.1 Å². The molecule has 1 aromatic heterocycles. The lowest BCUT2D eigenvalue weighted by molar-refractivity contribution is 0.0945. The third-order valence-electron chi connectivity index (χ3n) is 2.98. The van der Waals surface area contributed by atoms with E-state index >= 15 is 0 Å². The molecule has 0 unspecified atom stereocenters. The Morgan fingerprint density at radius 3 is 2.67 bits per heavy atom. The van der Waals surface area contributed by atoms with Gasteiger partial charge in [-0.2, -0.15) is 0 Å². The summed E-state index contributed by atoms with van der Waals surface area (Å²) in [5.41, 5.74) is 2.54. The summed E-state index contributed by atoms with van der Waals surface area (Å²) in [6.45, 7) is 3.64. The molecule has 0 radical (unpaired) electrons. The quantitative estimate of drug-likeness (QED) is 0.871. The molecule has 2 rings (SSSR count). The third-order valence-corrected chi connectivity index (χ3v) is 3.45. The number of pyridine rings is 1. The summed E-state index contributed by atoms with van der Waals surface area (Å²) in [5.74, 6) is -0.186. The number of carbonyl (C=O) groups excluding carboxylic acids is 1. The zero-order valence-corrected chi connectivity index (χ0v) is 13.4. The number of carbonyl (C=O) groups is 1. The lowest BCUT2D eigenvalue weighted by Gasteiger charge is -2.10. The topological polar surface area (TPSA) is 51.2 Å². The first-order chi connectivity index (χ1) is 10.2. The van der Waals surface area contributed by atoms with Crippen LogP contribution in [0, 0.1) is 0 Å². The number of halogens is 1. The summed E-state index contributed by atoms with van der Waals surface area (Å²) in [6, 6.07) is 11.4. The van der Waals surface area contributed by atoms with Crippen LogP contribution >= 0.6 is 15.9 Å². The lowest BCUT2D eigenvalue weighted by atomic mass is 10.1. The molecule has 1 N–H and O–H groups in total. The van der Waals surface area contributed by atoms with Crippen molar-refractivity contribution in [3.05, 3.63) is 63.9 Å². The Morgan fingerprint density at radius 2 is 2.00 bits per heavy atom. The molecule has 5 heteroatoms. The number of hydrogen-bond donors (Lipinski definition) is 1. The molecule has 0 bridgehead atoms. The van der Waals surface area contributed by atoms with Gasteiger partial charge in [0, 0.05) is 23.8 Å². The molecule has 0 aliphatic rings. The summed E-state index contributed by atoms with van der Waals surface area (Å²) in [5, 5.41) is 2.88. The molecule has 21 heavy (non-hydrogen) atoms. The summed E-state index contributed by atoms with van der Waals surface area (Å²) < 4.78 is 6.28. The van der Waals surface area contributed by atoms with Crippen LogP contribution in [0.2, 0.25) is 0 Å². The van der Waals surface area contributed by atoms with Crippen LogP contribution in [0.5, 0.6) is 0 Å². The van der Waals surface area contributed by atoms with E-state index in [4.69, 9.17) is 4.74 Å². The second-order valence-electron chi connectivity index (χ2n) is 4.45. The van der Waals surface area contributed by atoms with E-state index in [2.05, 4.69) is 26.2 Å². The van der Waals surface area contributed by atoms with Crippen molar-refractivity contribution in [3.8, 4) is 0 Å². The molecule has 0 saturated heterocycles. The number of ether oxygens (including phenoxy) is 1. The average Bonchev–Trinajstić information content (AvgIpc) is 2.52. The summed E-state index contributed by atoms with van der Waals surface area (Å²) >= 11 is 3.30. The van der Waals surface area contributed by atoms with E-state index in [0.717, 1.165) is 15.6 Å². The zero-order valence-electron chi connectivity index (χ0n) is 11.8. The monoisotopic (exact) mass is 348 g/mol. The molecule has 0 fully saturated rings. The third kappa shape index (κ3) is 4.65. The second kappa shape index (κ2) is 7.90. The molecular formula is C16H17BrN2O2. The van der Waals surface area contributed by atoms with Gasteiger partial charge in [0.1, 0.15) is 5.69 Å². The second-order valence-corrected chi connectivity index (χ2v) is 5.37. The van der Waals surface area contributed by atoms with Crippen molar-refractivity contribution in [2.24, 2.45) is 0 Å². The van der Waals surface area contributed by atoms with Crippen LogP contribution in [0.25, 0.3) is 0 Å². The fourth-order valence-corrected chi connectivity index (χ4v) is 2.09. The summed E-state index contributed by atoms with van der Waals surface area (Å²) in [6.07, 6.45) is 1.61. The van der Waals surface area contributed by atoms with Gasteiger partial charge in [-0.05, 0) is 46.1 Å². The van der Waals surface area contributed by atoms with Gasteiger partial charge in [0.05, 0.1) is 6.61 Å². The van der Waals surface area contributed by atoms with Gasteiger partial charge in [0.2, 0.25) is 0 Å². The van der Waals surface area contributed by atoms with Gasteiger partial charge in [0.25, 0.3) is 5.91 Å². The summed E-state index contributed by atoms with van der Waals surface area (Å²) in [7, 11) is 0. The van der Waals surface area contributed by atoms with Crippen molar-refractivity contribution >= 4 is 21.8 Å². The van der Waals surface area contributed by atoms with Gasteiger partial charge in [-0.1, -0.05) is 24.3 Å². The number of aromatic nitrogens is 1. The number of nitrogens with zero attached hydrogens (tertiary/aromatic N) is 1. The maximum absolute atomic E-state index is 12.0. The van der Waals surface area contributed by atoms with Gasteiger partial charge < -0.3 is 10.1 Å². The number of rotatable bonds is 6. The Labute approximate surface area is 132 Å². The average molecular weight is 349 g/mol. The molecule has 1 amide bonds. The van der Waals surface area contributed by atoms with E-state index in [0.29, 0.717) is 25.5 Å². The van der Waals surface area contributed by atoms with Crippen molar-refractivity contribution < 1.29 is 9.53 Å². The van der Waals surface area contributed by atoms with Gasteiger partial charge in [-0.25, -0.2) is 4.98 Å². The Balaban J connectivity index is 1.99. The minimum atomic E-state index is -0.186. The highest BCUT2D eigenvalue weighted by Crippen LogP contribution is 2.11. The number of benzene rings is 1. The fourth-order valence-electron chi connectivity index (χ4n) is 1.86. The predicted molar refractivity (Wildman–Crippen MR) is 84.9 cm³/mol. The highest BCUT2D eigenvalue weighted by atomic mass is 79.9. The molecule has 2 aromatic rings. The van der Waals surface area contributed by atoms with Crippen molar-refractivity contribution in [1.29, 1.82) is 0 Å². The largest absolute Gasteiger partial charge is 0.377 e. The highest BCUT2D eigenvalue weighted by molar-refractivity contribution is 9.10. The number of hydrogen-bond acceptors (Lipinski definition) is 3. The van der Waals surface area contributed by atoms with Crippen LogP contribution in [-0.4, -0.2) is 17.5 Å². The number of amides is 1. The normalized spacial score (nSPS) is 10.4. The highest BCUT2D eigenvalue weighted by Gasteiger charge is 2.08. The minimum Gasteiger partial charge on any atom is -0.377 e. The first kappa shape index (κ1) is 15.7. The lowest BCUT2D eigenvalue weighted by Crippen LogP contribution is -2.24. The molecule has 0 saturated carbocycles. The number of nitrogens with one attached hydrogen (secondary N) is 1. The van der Waals surface area contributed by atoms with E-state index in [-0.39, 0.29) is 5.91 Å². The van der Waals surface area contributed by atoms with Gasteiger partial charge in [-0.15, -0.1) is 0 Å². The Kier molecular flexibility index (Phi) is 5.90. The Bertz CT molecular complexity index is 599. The van der Waals surface area contributed by atoms with Crippen molar-refractivity contribution in [3.63, 3.8) is 0 Å². The maximum atomic E-state index is 12.0. The van der Waals surface area contributed by atoms with E-state index in [1.807, 2.05) is 31.2 Å². The van der Waals surface area contributed by atoms with E-state index in [1.165, 1.54) is 0 Å². The van der Waals surface area contributed by atoms with Gasteiger partial charge in [0.15, 0.2) is 0 Å². The van der Waals surface area contributed by atoms with Crippen LogP contribution in [0.1, 0.15) is 28.5 Å². The van der Waals surface area contributed by atoms with Crippen molar-refractivity contribution in [1.82, 2.24) is 10.3 Å². The minimum absolute atomic E-state index is 0.186. The Morgan fingerprint density at radius 1 is 1.24 bits per heavy atom. The molecule has 110 valence electrons. The van der Waals surface area contributed by atoms with E-state index < -0.39 is 0 Å². The van der Waals surface area contributed by atoms with Gasteiger partial charge >= 0.3 is 0 Å². The standard InChI is InChI=1S/C16H17BrN2O2/c1-2-21-11-13-6-4-3-5-12(13)9-19-16(20)15-8-7-14(17)10-18-15/h3-8,10H,2,9,11H2,1H3,(H,19,20). The van der Waals surface area contributed by atoms with Crippen molar-refractivity contribution in [2.45, 2.75) is 20.1 Å². The van der Waals surface area contributed by atoms with Gasteiger partial charge in [-0.3, -0.25) is 4.79 Å². The van der Waals surface area contributed by atoms with E-state index in [9.17, 15) is 4.79 Å². The van der Waals surface area contributed by atoms with Crippen LogP contribution < -0.4 is 5.32 Å². The molecule has 0 atom stereocenters. The molecule has 0 aliphatic carbocycles. The van der Waals surface area contributed by atoms with Crippen LogP contribution in [0.4, 0.5) is 0 Å². The van der Waals surface area contributed by atoms with Crippen LogP contribution in [0.3, 0.4) is 0 Å². The molecule has 4 nitrogen and oxygen atoms in total. The first-order valence-corrected chi connectivity index (χ1v) is 7.54. The maximum Gasteiger partial charge on any atom is 0.270 e.